The van der Waals surface area contributed by atoms with E-state index in [9.17, 15) is 9.18 Å². The first-order chi connectivity index (χ1) is 14.5. The number of likely N-dealkylation sites (tertiary alicyclic amines) is 1. The summed E-state index contributed by atoms with van der Waals surface area (Å²) in [5.74, 6) is 0.357. The van der Waals surface area contributed by atoms with E-state index in [0.717, 1.165) is 32.5 Å². The maximum Gasteiger partial charge on any atom is 0.248 e. The quantitative estimate of drug-likeness (QED) is 0.722. The van der Waals surface area contributed by atoms with Crippen LogP contribution in [0.2, 0.25) is 0 Å². The van der Waals surface area contributed by atoms with Crippen LogP contribution in [0.3, 0.4) is 0 Å². The van der Waals surface area contributed by atoms with Gasteiger partial charge in [-0.1, -0.05) is 0 Å². The zero-order chi connectivity index (χ0) is 21.1. The van der Waals surface area contributed by atoms with Gasteiger partial charge in [0.15, 0.2) is 0 Å². The molecule has 0 bridgehead atoms. The second-order valence-electron chi connectivity index (χ2n) is 8.13. The zero-order valence-electron chi connectivity index (χ0n) is 17.6. The Kier molecular flexibility index (Phi) is 6.34. The Morgan fingerprint density at radius 1 is 1.23 bits per heavy atom. The summed E-state index contributed by atoms with van der Waals surface area (Å²) in [6.07, 6.45) is 3.68. The molecule has 4 rings (SSSR count). The first-order valence-electron chi connectivity index (χ1n) is 10.5. The van der Waals surface area contributed by atoms with Crippen molar-refractivity contribution < 1.29 is 18.7 Å². The molecule has 2 aliphatic rings. The molecule has 1 aromatic carbocycles. The van der Waals surface area contributed by atoms with Crippen LogP contribution in [0.5, 0.6) is 5.75 Å². The number of hydrogen-bond acceptors (Lipinski definition) is 5. The first-order valence-corrected chi connectivity index (χ1v) is 10.5. The molecule has 0 N–H and O–H groups in total. The molecule has 1 unspecified atom stereocenters. The minimum Gasteiger partial charge on any atom is -0.491 e. The summed E-state index contributed by atoms with van der Waals surface area (Å²) < 4.78 is 26.3. The molecule has 1 amide bonds. The summed E-state index contributed by atoms with van der Waals surface area (Å²) in [6, 6.07) is 6.17. The summed E-state index contributed by atoms with van der Waals surface area (Å²) >= 11 is 0. The minimum atomic E-state index is -0.293. The Hall–Kier alpha value is -2.45. The Morgan fingerprint density at radius 2 is 1.97 bits per heavy atom. The molecular weight excluding hydrogens is 387 g/mol. The average molecular weight is 416 g/mol. The Morgan fingerprint density at radius 3 is 2.63 bits per heavy atom. The number of morpholine rings is 1. The van der Waals surface area contributed by atoms with Gasteiger partial charge in [-0.25, -0.2) is 4.39 Å². The predicted molar refractivity (Wildman–Crippen MR) is 110 cm³/mol. The van der Waals surface area contributed by atoms with Crippen molar-refractivity contribution in [2.75, 3.05) is 32.8 Å². The van der Waals surface area contributed by atoms with Crippen LogP contribution in [-0.2, 0) is 23.1 Å². The number of halogens is 1. The molecule has 0 radical (unpaired) electrons. The van der Waals surface area contributed by atoms with E-state index in [1.165, 1.54) is 23.4 Å². The van der Waals surface area contributed by atoms with E-state index in [1.54, 1.807) is 12.1 Å². The summed E-state index contributed by atoms with van der Waals surface area (Å²) in [5, 5.41) is 4.32. The highest BCUT2D eigenvalue weighted by atomic mass is 19.1. The van der Waals surface area contributed by atoms with Gasteiger partial charge in [-0.15, -0.1) is 0 Å². The monoisotopic (exact) mass is 416 g/mol. The lowest BCUT2D eigenvalue weighted by Crippen LogP contribution is -2.55. The van der Waals surface area contributed by atoms with E-state index in [0.29, 0.717) is 18.9 Å². The van der Waals surface area contributed by atoms with Crippen molar-refractivity contribution in [1.82, 2.24) is 19.6 Å². The lowest BCUT2D eigenvalue weighted by Gasteiger charge is -2.42. The van der Waals surface area contributed by atoms with Gasteiger partial charge in [-0.05, 0) is 44.0 Å². The number of carbonyl (C=O) groups excluding carboxylic acids is 1. The second-order valence-corrected chi connectivity index (χ2v) is 8.13. The van der Waals surface area contributed by atoms with Crippen LogP contribution in [0.25, 0.3) is 0 Å². The van der Waals surface area contributed by atoms with Crippen molar-refractivity contribution in [2.45, 2.75) is 38.5 Å². The Labute approximate surface area is 176 Å². The van der Waals surface area contributed by atoms with Crippen molar-refractivity contribution in [1.29, 1.82) is 0 Å². The predicted octanol–water partition coefficient (Wildman–Crippen LogP) is 2.14. The summed E-state index contributed by atoms with van der Waals surface area (Å²) in [4.78, 5) is 16.9. The smallest absolute Gasteiger partial charge is 0.248 e. The highest BCUT2D eigenvalue weighted by molar-refractivity contribution is 5.78. The number of aryl methyl sites for hydroxylation is 1. The van der Waals surface area contributed by atoms with Crippen molar-refractivity contribution in [2.24, 2.45) is 7.05 Å². The summed E-state index contributed by atoms with van der Waals surface area (Å²) in [6.45, 7) is 5.88. The number of amides is 1. The second kappa shape index (κ2) is 9.14. The van der Waals surface area contributed by atoms with Crippen LogP contribution in [-0.4, -0.2) is 70.5 Å². The Bertz CT molecular complexity index is 862. The van der Waals surface area contributed by atoms with Crippen molar-refractivity contribution in [3.8, 4) is 5.75 Å². The lowest BCUT2D eigenvalue weighted by molar-refractivity contribution is -0.155. The van der Waals surface area contributed by atoms with Gasteiger partial charge in [0.25, 0.3) is 0 Å². The van der Waals surface area contributed by atoms with Gasteiger partial charge < -0.3 is 14.4 Å². The Balaban J connectivity index is 1.27. The van der Waals surface area contributed by atoms with Crippen molar-refractivity contribution in [3.05, 3.63) is 47.5 Å². The van der Waals surface area contributed by atoms with Gasteiger partial charge in [-0.3, -0.25) is 14.4 Å². The molecule has 2 fully saturated rings. The normalized spacial score (nSPS) is 21.2. The molecular formula is C22H29FN4O3. The molecule has 30 heavy (non-hydrogen) atoms. The SMILES string of the molecule is Cc1c(CN2CCC(N3CC(COc4ccc(F)cc4)OCC3=O)CC2)cnn1C. The molecule has 1 atom stereocenters. The molecule has 2 aliphatic heterocycles. The van der Waals surface area contributed by atoms with E-state index in [2.05, 4.69) is 16.9 Å². The minimum absolute atomic E-state index is 0.0505. The van der Waals surface area contributed by atoms with Gasteiger partial charge in [0.05, 0.1) is 12.7 Å². The van der Waals surface area contributed by atoms with Gasteiger partial charge in [0.1, 0.15) is 30.9 Å². The van der Waals surface area contributed by atoms with Crippen LogP contribution < -0.4 is 4.74 Å². The maximum absolute atomic E-state index is 13.0. The highest BCUT2D eigenvalue weighted by Gasteiger charge is 2.34. The molecule has 2 aromatic rings. The topological polar surface area (TPSA) is 59.8 Å². The summed E-state index contributed by atoms with van der Waals surface area (Å²) in [5.41, 5.74) is 2.46. The lowest BCUT2D eigenvalue weighted by atomic mass is 10.0. The van der Waals surface area contributed by atoms with Gasteiger partial charge in [0.2, 0.25) is 5.91 Å². The number of piperidine rings is 1. The van der Waals surface area contributed by atoms with Crippen molar-refractivity contribution in [3.63, 3.8) is 0 Å². The fourth-order valence-corrected chi connectivity index (χ4v) is 4.15. The average Bonchev–Trinajstić information content (AvgIpc) is 3.07. The zero-order valence-corrected chi connectivity index (χ0v) is 17.6. The molecule has 3 heterocycles. The number of aromatic nitrogens is 2. The largest absolute Gasteiger partial charge is 0.491 e. The molecule has 2 saturated heterocycles. The van der Waals surface area contributed by atoms with Crippen LogP contribution in [0, 0.1) is 12.7 Å². The standard InChI is InChI=1S/C22H29FN4O3/c1-16-17(11-24-25(16)2)12-26-9-7-19(8-10-26)27-13-21(30-15-22(27)28)14-29-20-5-3-18(23)4-6-20/h3-6,11,19,21H,7-10,12-15H2,1-2H3. The van der Waals surface area contributed by atoms with E-state index >= 15 is 0 Å². The van der Waals surface area contributed by atoms with E-state index in [4.69, 9.17) is 9.47 Å². The molecule has 0 aliphatic carbocycles. The molecule has 1 aromatic heterocycles. The number of ether oxygens (including phenoxy) is 2. The number of nitrogens with zero attached hydrogens (tertiary/aromatic N) is 4. The summed E-state index contributed by atoms with van der Waals surface area (Å²) in [7, 11) is 1.96. The molecule has 0 spiro atoms. The molecule has 162 valence electrons. The number of carbonyl (C=O) groups is 1. The number of benzene rings is 1. The molecule has 8 heteroatoms. The van der Waals surface area contributed by atoms with E-state index in [1.807, 2.05) is 22.8 Å². The van der Waals surface area contributed by atoms with Crippen LogP contribution in [0.1, 0.15) is 24.1 Å². The third-order valence-electron chi connectivity index (χ3n) is 6.14. The fraction of sp³-hybridized carbons (Fsp3) is 0.545. The third kappa shape index (κ3) is 4.82. The third-order valence-corrected chi connectivity index (χ3v) is 6.14. The van der Waals surface area contributed by atoms with Gasteiger partial charge in [-0.2, -0.15) is 5.10 Å². The number of rotatable bonds is 6. The number of hydrogen-bond donors (Lipinski definition) is 0. The van der Waals surface area contributed by atoms with Crippen molar-refractivity contribution >= 4 is 5.91 Å². The molecule has 0 saturated carbocycles. The highest BCUT2D eigenvalue weighted by Crippen LogP contribution is 2.22. The van der Waals surface area contributed by atoms with Gasteiger partial charge in [0, 0.05) is 44.0 Å². The van der Waals surface area contributed by atoms with Gasteiger partial charge >= 0.3 is 0 Å². The van der Waals surface area contributed by atoms with Crippen LogP contribution >= 0.6 is 0 Å². The van der Waals surface area contributed by atoms with Crippen LogP contribution in [0.15, 0.2) is 30.5 Å². The van der Waals surface area contributed by atoms with E-state index in [-0.39, 0.29) is 30.5 Å². The first kappa shape index (κ1) is 20.8. The maximum atomic E-state index is 13.0. The molecule has 7 nitrogen and oxygen atoms in total. The van der Waals surface area contributed by atoms with E-state index < -0.39 is 0 Å². The fourth-order valence-electron chi connectivity index (χ4n) is 4.15. The van der Waals surface area contributed by atoms with Crippen LogP contribution in [0.4, 0.5) is 4.39 Å².